The Balaban J connectivity index is 1.68. The number of anilines is 1. The summed E-state index contributed by atoms with van der Waals surface area (Å²) in [5.41, 5.74) is 2.00. The SMILES string of the molecule is Cc1ccccc1-n1nccc1NC(=O)N[C@@H]1C=C[C@H](CO)C1. The van der Waals surface area contributed by atoms with Crippen LogP contribution in [0.25, 0.3) is 5.69 Å². The predicted molar refractivity (Wildman–Crippen MR) is 88.6 cm³/mol. The molecular weight excluding hydrogens is 292 g/mol. The molecule has 0 saturated heterocycles. The molecule has 0 fully saturated rings. The predicted octanol–water partition coefficient (Wildman–Crippen LogP) is 2.24. The van der Waals surface area contributed by atoms with Crippen molar-refractivity contribution >= 4 is 11.8 Å². The molecule has 23 heavy (non-hydrogen) atoms. The number of carbonyl (C=O) groups excluding carboxylic acids is 1. The lowest BCUT2D eigenvalue weighted by Crippen LogP contribution is -2.36. The molecule has 1 heterocycles. The normalized spacial score (nSPS) is 19.7. The number of benzene rings is 1. The van der Waals surface area contributed by atoms with Crippen LogP contribution in [-0.2, 0) is 0 Å². The summed E-state index contributed by atoms with van der Waals surface area (Å²) in [6, 6.07) is 9.28. The molecular formula is C17H20N4O2. The van der Waals surface area contributed by atoms with Crippen LogP contribution in [0.3, 0.4) is 0 Å². The molecule has 1 aromatic heterocycles. The maximum Gasteiger partial charge on any atom is 0.320 e. The third kappa shape index (κ3) is 3.43. The lowest BCUT2D eigenvalue weighted by molar-refractivity contribution is 0.238. The highest BCUT2D eigenvalue weighted by molar-refractivity contribution is 5.89. The van der Waals surface area contributed by atoms with Gasteiger partial charge in [0, 0.05) is 24.6 Å². The van der Waals surface area contributed by atoms with E-state index in [-0.39, 0.29) is 24.6 Å². The minimum atomic E-state index is -0.284. The first kappa shape index (κ1) is 15.3. The summed E-state index contributed by atoms with van der Waals surface area (Å²) in [7, 11) is 0. The van der Waals surface area contributed by atoms with Crippen molar-refractivity contribution in [3.05, 3.63) is 54.2 Å². The van der Waals surface area contributed by atoms with E-state index in [0.29, 0.717) is 5.82 Å². The number of urea groups is 1. The van der Waals surface area contributed by atoms with Crippen molar-refractivity contribution in [2.45, 2.75) is 19.4 Å². The van der Waals surface area contributed by atoms with Gasteiger partial charge in [0.15, 0.2) is 0 Å². The lowest BCUT2D eigenvalue weighted by Gasteiger charge is -2.15. The second-order valence-corrected chi connectivity index (χ2v) is 5.68. The minimum Gasteiger partial charge on any atom is -0.396 e. The van der Waals surface area contributed by atoms with E-state index in [1.54, 1.807) is 16.9 Å². The third-order valence-corrected chi connectivity index (χ3v) is 3.95. The molecule has 0 radical (unpaired) electrons. The number of nitrogens with one attached hydrogen (secondary N) is 2. The molecule has 1 aliphatic carbocycles. The molecule has 2 amide bonds. The van der Waals surface area contributed by atoms with Crippen LogP contribution in [0.5, 0.6) is 0 Å². The van der Waals surface area contributed by atoms with Crippen LogP contribution in [0.1, 0.15) is 12.0 Å². The van der Waals surface area contributed by atoms with Crippen LogP contribution in [0.4, 0.5) is 10.6 Å². The molecule has 2 atom stereocenters. The number of nitrogens with zero attached hydrogens (tertiary/aromatic N) is 2. The summed E-state index contributed by atoms with van der Waals surface area (Å²) in [6.07, 6.45) is 6.22. The zero-order valence-corrected chi connectivity index (χ0v) is 12.9. The van der Waals surface area contributed by atoms with Crippen LogP contribution in [0, 0.1) is 12.8 Å². The first-order chi connectivity index (χ1) is 11.2. The van der Waals surface area contributed by atoms with E-state index in [1.807, 2.05) is 43.3 Å². The van der Waals surface area contributed by atoms with Gasteiger partial charge in [0.25, 0.3) is 0 Å². The van der Waals surface area contributed by atoms with E-state index in [0.717, 1.165) is 17.7 Å². The Hall–Kier alpha value is -2.60. The van der Waals surface area contributed by atoms with Crippen LogP contribution in [0.2, 0.25) is 0 Å². The second-order valence-electron chi connectivity index (χ2n) is 5.68. The van der Waals surface area contributed by atoms with E-state index in [9.17, 15) is 4.79 Å². The summed E-state index contributed by atoms with van der Waals surface area (Å²) in [5, 5.41) is 19.1. The topological polar surface area (TPSA) is 79.2 Å². The molecule has 0 bridgehead atoms. The molecule has 1 aliphatic rings. The van der Waals surface area contributed by atoms with E-state index >= 15 is 0 Å². The van der Waals surface area contributed by atoms with Crippen molar-refractivity contribution in [3.63, 3.8) is 0 Å². The quantitative estimate of drug-likeness (QED) is 0.758. The van der Waals surface area contributed by atoms with Crippen molar-refractivity contribution in [1.82, 2.24) is 15.1 Å². The lowest BCUT2D eigenvalue weighted by atomic mass is 10.1. The van der Waals surface area contributed by atoms with Gasteiger partial charge in [-0.1, -0.05) is 30.4 Å². The Labute approximate surface area is 134 Å². The van der Waals surface area contributed by atoms with Gasteiger partial charge in [0.1, 0.15) is 5.82 Å². The zero-order valence-electron chi connectivity index (χ0n) is 12.9. The largest absolute Gasteiger partial charge is 0.396 e. The van der Waals surface area contributed by atoms with E-state index in [4.69, 9.17) is 5.11 Å². The summed E-state index contributed by atoms with van der Waals surface area (Å²) in [6.45, 7) is 2.11. The van der Waals surface area contributed by atoms with Crippen molar-refractivity contribution in [1.29, 1.82) is 0 Å². The standard InChI is InChI=1S/C17H20N4O2/c1-12-4-2-3-5-15(12)21-16(8-9-18-21)20-17(23)19-14-7-6-13(10-14)11-22/h2-9,13-14,22H,10-11H2,1H3,(H2,19,20,23)/t13-,14+/m0/s1. The van der Waals surface area contributed by atoms with Gasteiger partial charge in [-0.2, -0.15) is 5.10 Å². The first-order valence-electron chi connectivity index (χ1n) is 7.64. The molecule has 0 aliphatic heterocycles. The maximum absolute atomic E-state index is 12.2. The molecule has 120 valence electrons. The fraction of sp³-hybridized carbons (Fsp3) is 0.294. The fourth-order valence-corrected chi connectivity index (χ4v) is 2.73. The Bertz CT molecular complexity index is 723. The number of amides is 2. The maximum atomic E-state index is 12.2. The number of aromatic nitrogens is 2. The zero-order chi connectivity index (χ0) is 16.2. The number of para-hydroxylation sites is 1. The van der Waals surface area contributed by atoms with Gasteiger partial charge in [-0.15, -0.1) is 0 Å². The minimum absolute atomic E-state index is 0.0537. The Morgan fingerprint density at radius 2 is 2.17 bits per heavy atom. The summed E-state index contributed by atoms with van der Waals surface area (Å²) in [4.78, 5) is 12.2. The number of aliphatic hydroxyl groups is 1. The van der Waals surface area contributed by atoms with Gasteiger partial charge in [-0.25, -0.2) is 9.48 Å². The van der Waals surface area contributed by atoms with E-state index < -0.39 is 0 Å². The molecule has 0 spiro atoms. The average molecular weight is 312 g/mol. The van der Waals surface area contributed by atoms with Gasteiger partial charge < -0.3 is 10.4 Å². The summed E-state index contributed by atoms with van der Waals surface area (Å²) >= 11 is 0. The number of hydrogen-bond acceptors (Lipinski definition) is 3. The number of aryl methyl sites for hydroxylation is 1. The number of rotatable bonds is 4. The monoisotopic (exact) mass is 312 g/mol. The van der Waals surface area contributed by atoms with Crippen LogP contribution < -0.4 is 10.6 Å². The fourth-order valence-electron chi connectivity index (χ4n) is 2.73. The summed E-state index contributed by atoms with van der Waals surface area (Å²) in [5.74, 6) is 0.732. The highest BCUT2D eigenvalue weighted by Crippen LogP contribution is 2.19. The van der Waals surface area contributed by atoms with Crippen LogP contribution in [0.15, 0.2) is 48.7 Å². The second kappa shape index (κ2) is 6.66. The first-order valence-corrected chi connectivity index (χ1v) is 7.64. The Morgan fingerprint density at radius 1 is 1.35 bits per heavy atom. The number of aliphatic hydroxyl groups excluding tert-OH is 1. The summed E-state index contributed by atoms with van der Waals surface area (Å²) < 4.78 is 1.70. The van der Waals surface area contributed by atoms with Crippen molar-refractivity contribution < 1.29 is 9.90 Å². The Kier molecular flexibility index (Phi) is 4.43. The van der Waals surface area contributed by atoms with Gasteiger partial charge in [0.05, 0.1) is 11.9 Å². The van der Waals surface area contributed by atoms with Crippen molar-refractivity contribution in [3.8, 4) is 5.69 Å². The highest BCUT2D eigenvalue weighted by Gasteiger charge is 2.20. The average Bonchev–Trinajstić information content (AvgIpc) is 3.17. The van der Waals surface area contributed by atoms with Gasteiger partial charge in [0.2, 0.25) is 0 Å². The molecule has 0 unspecified atom stereocenters. The molecule has 1 aromatic carbocycles. The van der Waals surface area contributed by atoms with Crippen LogP contribution >= 0.6 is 0 Å². The number of hydrogen-bond donors (Lipinski definition) is 3. The van der Waals surface area contributed by atoms with Crippen molar-refractivity contribution in [2.75, 3.05) is 11.9 Å². The van der Waals surface area contributed by atoms with Crippen molar-refractivity contribution in [2.24, 2.45) is 5.92 Å². The molecule has 6 nitrogen and oxygen atoms in total. The van der Waals surface area contributed by atoms with E-state index in [2.05, 4.69) is 15.7 Å². The Morgan fingerprint density at radius 3 is 2.91 bits per heavy atom. The molecule has 3 N–H and O–H groups in total. The van der Waals surface area contributed by atoms with Crippen LogP contribution in [-0.4, -0.2) is 33.6 Å². The van der Waals surface area contributed by atoms with Gasteiger partial charge in [-0.3, -0.25) is 5.32 Å². The molecule has 6 heteroatoms. The highest BCUT2D eigenvalue weighted by atomic mass is 16.3. The molecule has 0 saturated carbocycles. The van der Waals surface area contributed by atoms with Gasteiger partial charge >= 0.3 is 6.03 Å². The molecule has 2 aromatic rings. The molecule has 3 rings (SSSR count). The number of carbonyl (C=O) groups is 1. The smallest absolute Gasteiger partial charge is 0.320 e. The third-order valence-electron chi connectivity index (χ3n) is 3.95. The van der Waals surface area contributed by atoms with E-state index in [1.165, 1.54) is 0 Å². The van der Waals surface area contributed by atoms with Gasteiger partial charge in [-0.05, 0) is 25.0 Å².